The Morgan fingerprint density at radius 2 is 2.00 bits per heavy atom. The zero-order valence-electron chi connectivity index (χ0n) is 11.6. The average molecular weight is 249 g/mol. The Kier molecular flexibility index (Phi) is 5.69. The van der Waals surface area contributed by atoms with Crippen LogP contribution < -0.4 is 4.90 Å². The molecule has 0 amide bonds. The van der Waals surface area contributed by atoms with Gasteiger partial charge in [-0.1, -0.05) is 25.5 Å². The van der Waals surface area contributed by atoms with Gasteiger partial charge in [0.1, 0.15) is 0 Å². The van der Waals surface area contributed by atoms with Crippen LogP contribution in [0.3, 0.4) is 0 Å². The van der Waals surface area contributed by atoms with Crippen LogP contribution in [0, 0.1) is 13.8 Å². The molecule has 0 bridgehead atoms. The molecule has 1 aromatic carbocycles. The lowest BCUT2D eigenvalue weighted by molar-refractivity contribution is -0.136. The van der Waals surface area contributed by atoms with Gasteiger partial charge in [-0.25, -0.2) is 0 Å². The topological polar surface area (TPSA) is 40.5 Å². The minimum Gasteiger partial charge on any atom is -0.481 e. The van der Waals surface area contributed by atoms with Crippen molar-refractivity contribution in [2.45, 2.75) is 40.0 Å². The zero-order valence-corrected chi connectivity index (χ0v) is 11.6. The van der Waals surface area contributed by atoms with E-state index in [4.69, 9.17) is 5.11 Å². The number of hydrogen-bond acceptors (Lipinski definition) is 2. The van der Waals surface area contributed by atoms with Gasteiger partial charge in [-0.3, -0.25) is 4.79 Å². The van der Waals surface area contributed by atoms with Gasteiger partial charge in [0.15, 0.2) is 0 Å². The number of aliphatic carboxylic acids is 1. The van der Waals surface area contributed by atoms with Crippen molar-refractivity contribution in [2.75, 3.05) is 18.0 Å². The molecule has 0 heterocycles. The Morgan fingerprint density at radius 1 is 1.28 bits per heavy atom. The normalized spacial score (nSPS) is 10.4. The summed E-state index contributed by atoms with van der Waals surface area (Å²) in [5.41, 5.74) is 3.60. The first-order chi connectivity index (χ1) is 8.54. The van der Waals surface area contributed by atoms with Gasteiger partial charge in [-0.2, -0.15) is 0 Å². The molecule has 0 radical (unpaired) electrons. The van der Waals surface area contributed by atoms with Crippen LogP contribution in [-0.4, -0.2) is 24.2 Å². The lowest BCUT2D eigenvalue weighted by atomic mass is 10.1. The summed E-state index contributed by atoms with van der Waals surface area (Å²) in [6.07, 6.45) is 2.40. The van der Waals surface area contributed by atoms with E-state index in [0.717, 1.165) is 19.4 Å². The fourth-order valence-electron chi connectivity index (χ4n) is 1.99. The second-order valence-electron chi connectivity index (χ2n) is 4.77. The van der Waals surface area contributed by atoms with Crippen molar-refractivity contribution in [2.24, 2.45) is 0 Å². The van der Waals surface area contributed by atoms with Gasteiger partial charge in [0.05, 0.1) is 6.42 Å². The molecule has 0 aliphatic heterocycles. The highest BCUT2D eigenvalue weighted by Crippen LogP contribution is 2.22. The molecule has 3 heteroatoms. The maximum atomic E-state index is 10.7. The fourth-order valence-corrected chi connectivity index (χ4v) is 1.99. The molecular formula is C15H23NO2. The van der Waals surface area contributed by atoms with Crippen LogP contribution in [0.2, 0.25) is 0 Å². The summed E-state index contributed by atoms with van der Waals surface area (Å²) in [5, 5.41) is 8.83. The van der Waals surface area contributed by atoms with E-state index in [-0.39, 0.29) is 6.42 Å². The van der Waals surface area contributed by atoms with Crippen molar-refractivity contribution in [3.05, 3.63) is 29.3 Å². The largest absolute Gasteiger partial charge is 0.481 e. The van der Waals surface area contributed by atoms with E-state index >= 15 is 0 Å². The number of carboxylic acids is 1. The minimum absolute atomic E-state index is 0.192. The first-order valence-electron chi connectivity index (χ1n) is 6.58. The summed E-state index contributed by atoms with van der Waals surface area (Å²) in [4.78, 5) is 12.9. The first kappa shape index (κ1) is 14.6. The zero-order chi connectivity index (χ0) is 13.5. The van der Waals surface area contributed by atoms with E-state index < -0.39 is 5.97 Å². The molecule has 0 atom stereocenters. The molecule has 0 unspecified atom stereocenters. The lowest BCUT2D eigenvalue weighted by Crippen LogP contribution is -2.28. The standard InChI is InChI=1S/C15H23NO2/c1-4-5-9-16(10-8-15(17)18)14-11-12(2)6-7-13(14)3/h6-7,11H,4-5,8-10H2,1-3H3,(H,17,18). The Morgan fingerprint density at radius 3 is 2.61 bits per heavy atom. The molecule has 0 spiro atoms. The van der Waals surface area contributed by atoms with E-state index in [2.05, 4.69) is 43.9 Å². The molecule has 1 N–H and O–H groups in total. The van der Waals surface area contributed by atoms with Crippen molar-refractivity contribution < 1.29 is 9.90 Å². The van der Waals surface area contributed by atoms with Crippen LogP contribution >= 0.6 is 0 Å². The molecule has 0 aliphatic rings. The number of nitrogens with zero attached hydrogens (tertiary/aromatic N) is 1. The average Bonchev–Trinajstić information content (AvgIpc) is 2.32. The lowest BCUT2D eigenvalue weighted by Gasteiger charge is -2.26. The van der Waals surface area contributed by atoms with Gasteiger partial charge in [0.25, 0.3) is 0 Å². The van der Waals surface area contributed by atoms with Gasteiger partial charge < -0.3 is 10.0 Å². The van der Waals surface area contributed by atoms with Crippen LogP contribution in [0.4, 0.5) is 5.69 Å². The molecule has 0 aliphatic carbocycles. The van der Waals surface area contributed by atoms with E-state index in [1.807, 2.05) is 0 Å². The quantitative estimate of drug-likeness (QED) is 0.805. The highest BCUT2D eigenvalue weighted by Gasteiger charge is 2.10. The molecular weight excluding hydrogens is 226 g/mol. The molecule has 18 heavy (non-hydrogen) atoms. The number of anilines is 1. The predicted octanol–water partition coefficient (Wildman–Crippen LogP) is 3.38. The smallest absolute Gasteiger partial charge is 0.305 e. The molecule has 1 aromatic rings. The molecule has 100 valence electrons. The Hall–Kier alpha value is -1.51. The molecule has 3 nitrogen and oxygen atoms in total. The number of benzene rings is 1. The maximum Gasteiger partial charge on any atom is 0.305 e. The number of hydrogen-bond donors (Lipinski definition) is 1. The number of carboxylic acid groups (broad SMARTS) is 1. The summed E-state index contributed by atoms with van der Waals surface area (Å²) in [6.45, 7) is 7.80. The van der Waals surface area contributed by atoms with Crippen molar-refractivity contribution in [3.63, 3.8) is 0 Å². The second kappa shape index (κ2) is 7.04. The third-order valence-electron chi connectivity index (χ3n) is 3.08. The van der Waals surface area contributed by atoms with Crippen LogP contribution in [-0.2, 0) is 4.79 Å². The van der Waals surface area contributed by atoms with Crippen molar-refractivity contribution >= 4 is 11.7 Å². The number of aryl methyl sites for hydroxylation is 2. The minimum atomic E-state index is -0.734. The Bertz CT molecular complexity index is 401. The summed E-state index contributed by atoms with van der Waals surface area (Å²) < 4.78 is 0. The number of carbonyl (C=O) groups is 1. The predicted molar refractivity (Wildman–Crippen MR) is 75.3 cm³/mol. The third-order valence-corrected chi connectivity index (χ3v) is 3.08. The van der Waals surface area contributed by atoms with Crippen LogP contribution in [0.15, 0.2) is 18.2 Å². The highest BCUT2D eigenvalue weighted by molar-refractivity contribution is 5.68. The van der Waals surface area contributed by atoms with Gasteiger partial charge in [-0.15, -0.1) is 0 Å². The molecule has 0 aromatic heterocycles. The highest BCUT2D eigenvalue weighted by atomic mass is 16.4. The monoisotopic (exact) mass is 249 g/mol. The van der Waals surface area contributed by atoms with Gasteiger partial charge in [-0.05, 0) is 37.5 Å². The van der Waals surface area contributed by atoms with Crippen LogP contribution in [0.1, 0.15) is 37.3 Å². The SMILES string of the molecule is CCCCN(CCC(=O)O)c1cc(C)ccc1C. The maximum absolute atomic E-state index is 10.7. The van der Waals surface area contributed by atoms with E-state index in [9.17, 15) is 4.79 Å². The van der Waals surface area contributed by atoms with Crippen molar-refractivity contribution in [3.8, 4) is 0 Å². The van der Waals surface area contributed by atoms with E-state index in [0.29, 0.717) is 6.54 Å². The summed E-state index contributed by atoms with van der Waals surface area (Å²) in [7, 11) is 0. The second-order valence-corrected chi connectivity index (χ2v) is 4.77. The molecule has 0 saturated heterocycles. The summed E-state index contributed by atoms with van der Waals surface area (Å²) >= 11 is 0. The summed E-state index contributed by atoms with van der Waals surface area (Å²) in [5.74, 6) is -0.734. The Balaban J connectivity index is 2.85. The van der Waals surface area contributed by atoms with Crippen molar-refractivity contribution in [1.82, 2.24) is 0 Å². The van der Waals surface area contributed by atoms with E-state index in [1.165, 1.54) is 16.8 Å². The Labute approximate surface area is 109 Å². The summed E-state index contributed by atoms with van der Waals surface area (Å²) in [6, 6.07) is 6.34. The molecule has 0 fully saturated rings. The van der Waals surface area contributed by atoms with Crippen molar-refractivity contribution in [1.29, 1.82) is 0 Å². The van der Waals surface area contributed by atoms with Gasteiger partial charge in [0.2, 0.25) is 0 Å². The molecule has 1 rings (SSSR count). The number of unbranched alkanes of at least 4 members (excludes halogenated alkanes) is 1. The fraction of sp³-hybridized carbons (Fsp3) is 0.533. The number of rotatable bonds is 7. The van der Waals surface area contributed by atoms with Gasteiger partial charge in [0, 0.05) is 18.8 Å². The molecule has 0 saturated carbocycles. The third kappa shape index (κ3) is 4.40. The van der Waals surface area contributed by atoms with E-state index in [1.54, 1.807) is 0 Å². The van der Waals surface area contributed by atoms with Crippen LogP contribution in [0.25, 0.3) is 0 Å². The van der Waals surface area contributed by atoms with Crippen LogP contribution in [0.5, 0.6) is 0 Å². The van der Waals surface area contributed by atoms with Gasteiger partial charge >= 0.3 is 5.97 Å². The first-order valence-corrected chi connectivity index (χ1v) is 6.58.